The van der Waals surface area contributed by atoms with E-state index in [1.807, 2.05) is 57.0 Å². The van der Waals surface area contributed by atoms with E-state index in [0.29, 0.717) is 38.4 Å². The molecule has 25 heavy (non-hydrogen) atoms. The van der Waals surface area contributed by atoms with Crippen LogP contribution < -0.4 is 5.56 Å². The van der Waals surface area contributed by atoms with E-state index in [4.69, 9.17) is 4.74 Å². The number of fused-ring (bicyclic) bond motifs is 1. The number of hydrogen-bond donors (Lipinski definition) is 0. The first-order valence-electron chi connectivity index (χ1n) is 8.27. The molecule has 0 bridgehead atoms. The SMILES string of the molecule is O=C(c1cccc(Cn2[se]c3ccccc3c2=O)c1)N1CCOCC1. The number of nitrogens with zero attached hydrogens (tertiary/aromatic N) is 2. The first-order valence-corrected chi connectivity index (χ1v) is 9.89. The van der Waals surface area contributed by atoms with Crippen LogP contribution in [0.5, 0.6) is 0 Å². The molecule has 0 unspecified atom stereocenters. The predicted octanol–water partition coefficient (Wildman–Crippen LogP) is 1.58. The van der Waals surface area contributed by atoms with Gasteiger partial charge in [-0.3, -0.25) is 0 Å². The van der Waals surface area contributed by atoms with Crippen LogP contribution in [0, 0.1) is 0 Å². The summed E-state index contributed by atoms with van der Waals surface area (Å²) < 4.78 is 8.32. The number of benzene rings is 2. The molecule has 1 amide bonds. The third-order valence-electron chi connectivity index (χ3n) is 4.35. The molecule has 1 aromatic heterocycles. The van der Waals surface area contributed by atoms with Crippen LogP contribution in [0.2, 0.25) is 0 Å². The Morgan fingerprint density at radius 3 is 2.68 bits per heavy atom. The second kappa shape index (κ2) is 7.00. The molecule has 6 heteroatoms. The van der Waals surface area contributed by atoms with Crippen molar-refractivity contribution in [3.05, 3.63) is 70.0 Å². The molecule has 128 valence electrons. The van der Waals surface area contributed by atoms with Crippen LogP contribution >= 0.6 is 0 Å². The van der Waals surface area contributed by atoms with Gasteiger partial charge in [0.1, 0.15) is 0 Å². The molecule has 0 aliphatic carbocycles. The standard InChI is InChI=1S/C19H18N2O3Se/c22-18(20-8-10-24-11-9-20)15-5-3-4-14(12-15)13-21-19(23)16-6-1-2-7-17(16)25-21/h1-7,12H,8-11,13H2. The van der Waals surface area contributed by atoms with Gasteiger partial charge in [-0.15, -0.1) is 0 Å². The monoisotopic (exact) mass is 402 g/mol. The van der Waals surface area contributed by atoms with E-state index in [2.05, 4.69) is 0 Å². The van der Waals surface area contributed by atoms with E-state index in [-0.39, 0.29) is 26.2 Å². The Morgan fingerprint density at radius 1 is 1.08 bits per heavy atom. The Hall–Kier alpha value is -2.14. The normalized spacial score (nSPS) is 14.8. The predicted molar refractivity (Wildman–Crippen MR) is 97.4 cm³/mol. The molecule has 4 rings (SSSR count). The van der Waals surface area contributed by atoms with Crippen LogP contribution in [-0.4, -0.2) is 55.4 Å². The Labute approximate surface area is 151 Å². The fraction of sp³-hybridized carbons (Fsp3) is 0.263. The molecule has 1 saturated heterocycles. The number of hydrogen-bond acceptors (Lipinski definition) is 3. The van der Waals surface area contributed by atoms with Gasteiger partial charge in [0.15, 0.2) is 0 Å². The zero-order valence-corrected chi connectivity index (χ0v) is 15.4. The molecular formula is C19H18N2O3Se. The van der Waals surface area contributed by atoms with Crippen molar-refractivity contribution in [1.29, 1.82) is 0 Å². The van der Waals surface area contributed by atoms with E-state index in [0.717, 1.165) is 15.2 Å². The van der Waals surface area contributed by atoms with Crippen molar-refractivity contribution in [3.8, 4) is 0 Å². The Balaban J connectivity index is 1.59. The van der Waals surface area contributed by atoms with Gasteiger partial charge in [-0.25, -0.2) is 0 Å². The number of morpholine rings is 1. The molecular weight excluding hydrogens is 383 g/mol. The summed E-state index contributed by atoms with van der Waals surface area (Å²) in [6, 6.07) is 15.4. The molecule has 1 aliphatic heterocycles. The Morgan fingerprint density at radius 2 is 1.88 bits per heavy atom. The number of ether oxygens (including phenoxy) is 1. The van der Waals surface area contributed by atoms with Crippen molar-refractivity contribution in [2.75, 3.05) is 26.3 Å². The molecule has 3 aromatic rings. The van der Waals surface area contributed by atoms with E-state index >= 15 is 0 Å². The van der Waals surface area contributed by atoms with Gasteiger partial charge in [0.2, 0.25) is 0 Å². The number of aromatic nitrogens is 1. The molecule has 0 N–H and O–H groups in total. The van der Waals surface area contributed by atoms with Gasteiger partial charge in [0, 0.05) is 0 Å². The summed E-state index contributed by atoms with van der Waals surface area (Å²) in [6.07, 6.45) is 0. The maximum absolute atomic E-state index is 12.6. The summed E-state index contributed by atoms with van der Waals surface area (Å²) in [5.41, 5.74) is 1.75. The molecule has 0 radical (unpaired) electrons. The van der Waals surface area contributed by atoms with Gasteiger partial charge in [-0.1, -0.05) is 0 Å². The zero-order valence-electron chi connectivity index (χ0n) is 13.7. The van der Waals surface area contributed by atoms with Crippen molar-refractivity contribution in [1.82, 2.24) is 8.46 Å². The van der Waals surface area contributed by atoms with Gasteiger partial charge in [-0.05, 0) is 0 Å². The summed E-state index contributed by atoms with van der Waals surface area (Å²) in [5, 5.41) is 0.808. The average Bonchev–Trinajstić information content (AvgIpc) is 2.98. The third-order valence-corrected chi connectivity index (χ3v) is 6.59. The van der Waals surface area contributed by atoms with E-state index in [1.54, 1.807) is 0 Å². The van der Waals surface area contributed by atoms with Crippen molar-refractivity contribution >= 4 is 30.3 Å². The Kier molecular flexibility index (Phi) is 4.57. The molecule has 2 aromatic carbocycles. The van der Waals surface area contributed by atoms with Gasteiger partial charge in [0.05, 0.1) is 0 Å². The summed E-state index contributed by atoms with van der Waals surface area (Å²) in [4.78, 5) is 27.0. The van der Waals surface area contributed by atoms with Gasteiger partial charge < -0.3 is 0 Å². The minimum absolute atomic E-state index is 0.00208. The molecule has 0 saturated carbocycles. The van der Waals surface area contributed by atoms with Crippen LogP contribution in [0.25, 0.3) is 9.65 Å². The maximum atomic E-state index is 12.6. The first kappa shape index (κ1) is 16.3. The van der Waals surface area contributed by atoms with Crippen LogP contribution in [0.1, 0.15) is 15.9 Å². The Bertz CT molecular complexity index is 970. The summed E-state index contributed by atoms with van der Waals surface area (Å²) in [7, 11) is 0. The molecule has 5 nitrogen and oxygen atoms in total. The number of carbonyl (C=O) groups excluding carboxylic acids is 1. The molecule has 1 fully saturated rings. The fourth-order valence-electron chi connectivity index (χ4n) is 3.04. The van der Waals surface area contributed by atoms with E-state index in [1.165, 1.54) is 0 Å². The molecule has 0 atom stereocenters. The van der Waals surface area contributed by atoms with Crippen molar-refractivity contribution in [2.45, 2.75) is 6.54 Å². The summed E-state index contributed by atoms with van der Waals surface area (Å²) in [5.74, 6) is 0.0340. The quantitative estimate of drug-likeness (QED) is 0.627. The number of amides is 1. The molecule has 0 spiro atoms. The van der Waals surface area contributed by atoms with E-state index < -0.39 is 0 Å². The average molecular weight is 401 g/mol. The van der Waals surface area contributed by atoms with Crippen LogP contribution in [0.15, 0.2) is 53.3 Å². The fourth-order valence-corrected chi connectivity index (χ4v) is 5.19. The second-order valence-corrected chi connectivity index (χ2v) is 8.26. The van der Waals surface area contributed by atoms with Gasteiger partial charge in [0.25, 0.3) is 0 Å². The second-order valence-electron chi connectivity index (χ2n) is 6.03. The number of rotatable bonds is 3. The zero-order chi connectivity index (χ0) is 17.2. The minimum atomic E-state index is -0.00208. The summed E-state index contributed by atoms with van der Waals surface area (Å²) >= 11 is -0.00208. The van der Waals surface area contributed by atoms with Crippen molar-refractivity contribution < 1.29 is 9.53 Å². The third kappa shape index (κ3) is 3.33. The van der Waals surface area contributed by atoms with Crippen LogP contribution in [-0.2, 0) is 11.3 Å². The van der Waals surface area contributed by atoms with Gasteiger partial charge in [-0.2, -0.15) is 0 Å². The van der Waals surface area contributed by atoms with Crippen molar-refractivity contribution in [2.24, 2.45) is 0 Å². The topological polar surface area (TPSA) is 51.5 Å². The first-order chi connectivity index (χ1) is 12.2. The van der Waals surface area contributed by atoms with E-state index in [9.17, 15) is 9.59 Å². The molecule has 1 aliphatic rings. The van der Waals surface area contributed by atoms with Crippen LogP contribution in [0.3, 0.4) is 0 Å². The number of carbonyl (C=O) groups is 1. The van der Waals surface area contributed by atoms with Gasteiger partial charge >= 0.3 is 151 Å². The van der Waals surface area contributed by atoms with Crippen LogP contribution in [0.4, 0.5) is 0 Å². The molecule has 2 heterocycles. The van der Waals surface area contributed by atoms with Crippen molar-refractivity contribution in [3.63, 3.8) is 0 Å². The summed E-state index contributed by atoms with van der Waals surface area (Å²) in [6.45, 7) is 2.99.